The van der Waals surface area contributed by atoms with Crippen molar-refractivity contribution in [1.29, 1.82) is 0 Å². The van der Waals surface area contributed by atoms with Gasteiger partial charge in [0.25, 0.3) is 11.8 Å². The van der Waals surface area contributed by atoms with Crippen LogP contribution < -0.4 is 16.6 Å². The number of hydrogen-bond acceptors (Lipinski definition) is 5. The fraction of sp³-hybridized carbons (Fsp3) is 0.400. The number of nitrogens with zero attached hydrogens (tertiary/aromatic N) is 1. The van der Waals surface area contributed by atoms with Crippen LogP contribution in [0.15, 0.2) is 12.1 Å². The van der Waals surface area contributed by atoms with E-state index in [4.69, 9.17) is 15.7 Å². The van der Waals surface area contributed by atoms with Gasteiger partial charge in [0.1, 0.15) is 5.82 Å². The lowest BCUT2D eigenvalue weighted by atomic mass is 10.0. The summed E-state index contributed by atoms with van der Waals surface area (Å²) >= 11 is 0. The number of carbonyl (C=O) groups is 3. The zero-order valence-electron chi connectivity index (χ0n) is 13.1. The SMILES string of the molecule is NNC(=O)c1cc(F)c2c(c1)C(=O)N([C@@H]1CCOC[C@H]1NC(=O)O)C2. The molecule has 1 saturated heterocycles. The van der Waals surface area contributed by atoms with Gasteiger partial charge in [-0.25, -0.2) is 15.0 Å². The summed E-state index contributed by atoms with van der Waals surface area (Å²) in [5.41, 5.74) is 2.10. The van der Waals surface area contributed by atoms with Crippen LogP contribution in [0.2, 0.25) is 0 Å². The van der Waals surface area contributed by atoms with Crippen molar-refractivity contribution in [3.05, 3.63) is 34.6 Å². The normalized spacial score (nSPS) is 22.5. The number of ether oxygens (including phenoxy) is 1. The fourth-order valence-electron chi connectivity index (χ4n) is 3.26. The lowest BCUT2D eigenvalue weighted by Gasteiger charge is -2.37. The van der Waals surface area contributed by atoms with Gasteiger partial charge in [0.05, 0.1) is 25.2 Å². The van der Waals surface area contributed by atoms with Crippen molar-refractivity contribution in [2.45, 2.75) is 25.0 Å². The van der Waals surface area contributed by atoms with E-state index < -0.39 is 35.8 Å². The Labute approximate surface area is 141 Å². The molecule has 0 aromatic heterocycles. The molecule has 1 aromatic rings. The molecule has 2 aliphatic rings. The van der Waals surface area contributed by atoms with Crippen molar-refractivity contribution in [2.24, 2.45) is 5.84 Å². The number of carbonyl (C=O) groups excluding carboxylic acids is 2. The highest BCUT2D eigenvalue weighted by molar-refractivity contribution is 6.02. The highest BCUT2D eigenvalue weighted by atomic mass is 19.1. The van der Waals surface area contributed by atoms with Crippen LogP contribution in [0.25, 0.3) is 0 Å². The van der Waals surface area contributed by atoms with Crippen molar-refractivity contribution in [3.8, 4) is 0 Å². The number of hydrogen-bond donors (Lipinski definition) is 4. The molecule has 0 unspecified atom stereocenters. The maximum Gasteiger partial charge on any atom is 0.405 e. The van der Waals surface area contributed by atoms with Crippen LogP contribution in [0, 0.1) is 5.82 Å². The second-order valence-corrected chi connectivity index (χ2v) is 5.88. The highest BCUT2D eigenvalue weighted by Crippen LogP contribution is 2.31. The Hall–Kier alpha value is -2.72. The number of carboxylic acid groups (broad SMARTS) is 1. The number of benzene rings is 1. The predicted molar refractivity (Wildman–Crippen MR) is 82.1 cm³/mol. The molecule has 0 bridgehead atoms. The molecule has 3 rings (SSSR count). The van der Waals surface area contributed by atoms with E-state index in [9.17, 15) is 18.8 Å². The van der Waals surface area contributed by atoms with Crippen LogP contribution in [0.1, 0.15) is 32.7 Å². The molecule has 3 amide bonds. The van der Waals surface area contributed by atoms with Gasteiger partial charge >= 0.3 is 6.09 Å². The maximum absolute atomic E-state index is 14.3. The van der Waals surface area contributed by atoms with Gasteiger partial charge in [0.15, 0.2) is 0 Å². The molecular weight excluding hydrogens is 335 g/mol. The third-order valence-corrected chi connectivity index (χ3v) is 4.44. The zero-order valence-corrected chi connectivity index (χ0v) is 13.1. The third-order valence-electron chi connectivity index (χ3n) is 4.44. The Morgan fingerprint density at radius 1 is 1.40 bits per heavy atom. The van der Waals surface area contributed by atoms with Gasteiger partial charge in [-0.3, -0.25) is 15.0 Å². The Bertz CT molecular complexity index is 741. The minimum atomic E-state index is -1.22. The second-order valence-electron chi connectivity index (χ2n) is 5.88. The summed E-state index contributed by atoms with van der Waals surface area (Å²) in [7, 11) is 0. The molecule has 0 radical (unpaired) electrons. The predicted octanol–water partition coefficient (Wildman–Crippen LogP) is -0.190. The second kappa shape index (κ2) is 6.65. The van der Waals surface area contributed by atoms with Gasteiger partial charge < -0.3 is 20.1 Å². The minimum absolute atomic E-state index is 0.00693. The molecular formula is C15H17FN4O5. The monoisotopic (exact) mass is 352 g/mol. The van der Waals surface area contributed by atoms with Crippen LogP contribution in [0.3, 0.4) is 0 Å². The minimum Gasteiger partial charge on any atom is -0.465 e. The number of nitrogens with one attached hydrogen (secondary N) is 2. The van der Waals surface area contributed by atoms with E-state index >= 15 is 0 Å². The van der Waals surface area contributed by atoms with E-state index in [1.807, 2.05) is 5.43 Å². The van der Waals surface area contributed by atoms with Gasteiger partial charge in [-0.05, 0) is 18.6 Å². The van der Waals surface area contributed by atoms with E-state index in [1.165, 1.54) is 11.0 Å². The van der Waals surface area contributed by atoms with Crippen LogP contribution in [-0.2, 0) is 11.3 Å². The largest absolute Gasteiger partial charge is 0.465 e. The summed E-state index contributed by atoms with van der Waals surface area (Å²) in [6.07, 6.45) is -0.805. The average molecular weight is 352 g/mol. The van der Waals surface area contributed by atoms with Gasteiger partial charge in [0.2, 0.25) is 0 Å². The number of hydrazine groups is 1. The van der Waals surface area contributed by atoms with Crippen molar-refractivity contribution in [3.63, 3.8) is 0 Å². The Morgan fingerprint density at radius 2 is 2.16 bits per heavy atom. The van der Waals surface area contributed by atoms with Crippen molar-refractivity contribution in [2.75, 3.05) is 13.2 Å². The van der Waals surface area contributed by atoms with Gasteiger partial charge in [-0.2, -0.15) is 0 Å². The molecule has 0 aliphatic carbocycles. The zero-order chi connectivity index (χ0) is 18.1. The summed E-state index contributed by atoms with van der Waals surface area (Å²) < 4.78 is 19.6. The van der Waals surface area contributed by atoms with Crippen molar-refractivity contribution < 1.29 is 28.6 Å². The lowest BCUT2D eigenvalue weighted by molar-refractivity contribution is 0.00897. The molecule has 0 saturated carbocycles. The number of rotatable bonds is 3. The smallest absolute Gasteiger partial charge is 0.405 e. The first kappa shape index (κ1) is 17.1. The first-order valence-corrected chi connectivity index (χ1v) is 7.64. The van der Waals surface area contributed by atoms with Gasteiger partial charge in [-0.15, -0.1) is 0 Å². The van der Waals surface area contributed by atoms with E-state index in [2.05, 4.69) is 5.32 Å². The number of fused-ring (bicyclic) bond motifs is 1. The first-order valence-electron chi connectivity index (χ1n) is 7.64. The quantitative estimate of drug-likeness (QED) is 0.338. The third kappa shape index (κ3) is 3.13. The lowest BCUT2D eigenvalue weighted by Crippen LogP contribution is -2.56. The first-order chi connectivity index (χ1) is 11.9. The summed E-state index contributed by atoms with van der Waals surface area (Å²) in [6, 6.07) is 1.24. The van der Waals surface area contributed by atoms with Crippen LogP contribution in [0.4, 0.5) is 9.18 Å². The number of nitrogen functional groups attached to an aromatic ring is 1. The number of amides is 3. The highest BCUT2D eigenvalue weighted by Gasteiger charge is 2.40. The molecule has 1 fully saturated rings. The number of nitrogens with two attached hydrogens (primary N) is 1. The Morgan fingerprint density at radius 3 is 2.84 bits per heavy atom. The maximum atomic E-state index is 14.3. The molecule has 1 aromatic carbocycles. The van der Waals surface area contributed by atoms with Crippen molar-refractivity contribution in [1.82, 2.24) is 15.6 Å². The topological polar surface area (TPSA) is 134 Å². The average Bonchev–Trinajstić information content (AvgIpc) is 2.91. The molecule has 25 heavy (non-hydrogen) atoms. The van der Waals surface area contributed by atoms with Crippen molar-refractivity contribution >= 4 is 17.9 Å². The fourth-order valence-corrected chi connectivity index (χ4v) is 3.26. The van der Waals surface area contributed by atoms with E-state index in [0.717, 1.165) is 6.07 Å². The Balaban J connectivity index is 1.90. The van der Waals surface area contributed by atoms with Crippen LogP contribution in [0.5, 0.6) is 0 Å². The molecule has 0 spiro atoms. The Kier molecular flexibility index (Phi) is 4.55. The summed E-state index contributed by atoms with van der Waals surface area (Å²) in [5, 5.41) is 11.3. The molecule has 10 heteroatoms. The molecule has 134 valence electrons. The molecule has 5 N–H and O–H groups in total. The van der Waals surface area contributed by atoms with E-state index in [1.54, 1.807) is 0 Å². The summed E-state index contributed by atoms with van der Waals surface area (Å²) in [4.78, 5) is 36.7. The molecule has 9 nitrogen and oxygen atoms in total. The van der Waals surface area contributed by atoms with Crippen LogP contribution >= 0.6 is 0 Å². The van der Waals surface area contributed by atoms with Crippen LogP contribution in [-0.4, -0.2) is 53.2 Å². The molecule has 2 aliphatic heterocycles. The number of halogens is 1. The summed E-state index contributed by atoms with van der Waals surface area (Å²) in [6.45, 7) is 0.499. The standard InChI is InChI=1S/C15H17FN4O5/c16-10-4-7(13(21)19-17)3-8-9(10)5-20(14(8)22)12-1-2-25-6-11(12)18-15(23)24/h3-4,11-12,18H,1-2,5-6,17H2,(H,19,21)(H,23,24)/t11-,12-/m1/s1. The molecule has 2 atom stereocenters. The van der Waals surface area contributed by atoms with Gasteiger partial charge in [0, 0.05) is 23.3 Å². The van der Waals surface area contributed by atoms with Gasteiger partial charge in [-0.1, -0.05) is 0 Å². The van der Waals surface area contributed by atoms with E-state index in [0.29, 0.717) is 13.0 Å². The summed E-state index contributed by atoms with van der Waals surface area (Å²) in [5.74, 6) is 3.21. The van der Waals surface area contributed by atoms with E-state index in [-0.39, 0.29) is 29.8 Å². The molecule has 2 heterocycles.